The van der Waals surface area contributed by atoms with E-state index >= 15 is 0 Å². The maximum atomic E-state index is 11.8. The second kappa shape index (κ2) is 5.85. The third-order valence-electron chi connectivity index (χ3n) is 4.09. The van der Waals surface area contributed by atoms with Gasteiger partial charge in [0.05, 0.1) is 0 Å². The van der Waals surface area contributed by atoms with E-state index in [9.17, 15) is 14.7 Å². The van der Waals surface area contributed by atoms with Crippen molar-refractivity contribution < 1.29 is 14.7 Å². The molecule has 1 aliphatic rings. The van der Waals surface area contributed by atoms with Crippen LogP contribution in [0, 0.1) is 6.92 Å². The fourth-order valence-corrected chi connectivity index (χ4v) is 2.73. The van der Waals surface area contributed by atoms with Crippen LogP contribution in [0.2, 0.25) is 0 Å². The Labute approximate surface area is 134 Å². The Balaban J connectivity index is 1.85. The number of aliphatic hydroxyl groups is 1. The molecule has 3 rings (SSSR count). The van der Waals surface area contributed by atoms with Crippen molar-refractivity contribution in [2.75, 3.05) is 0 Å². The number of benzene rings is 2. The molecule has 0 spiro atoms. The predicted molar refractivity (Wildman–Crippen MR) is 86.4 cm³/mol. The fraction of sp³-hybridized carbons (Fsp3) is 0.222. The van der Waals surface area contributed by atoms with E-state index in [1.54, 1.807) is 19.1 Å². The van der Waals surface area contributed by atoms with Gasteiger partial charge in [0.1, 0.15) is 6.04 Å². The van der Waals surface area contributed by atoms with Gasteiger partial charge in [-0.2, -0.15) is 0 Å². The van der Waals surface area contributed by atoms with Gasteiger partial charge in [0, 0.05) is 5.56 Å². The first-order valence-electron chi connectivity index (χ1n) is 7.45. The van der Waals surface area contributed by atoms with Crippen LogP contribution in [0.4, 0.5) is 4.79 Å². The van der Waals surface area contributed by atoms with Gasteiger partial charge in [0.2, 0.25) is 0 Å². The molecule has 1 unspecified atom stereocenters. The Kier molecular flexibility index (Phi) is 3.88. The molecule has 2 aromatic carbocycles. The molecule has 1 aliphatic heterocycles. The molecule has 0 bridgehead atoms. The maximum absolute atomic E-state index is 11.8. The van der Waals surface area contributed by atoms with Gasteiger partial charge < -0.3 is 5.11 Å². The normalized spacial score (nSPS) is 18.9. The molecule has 2 atom stereocenters. The van der Waals surface area contributed by atoms with Crippen molar-refractivity contribution in [3.8, 4) is 11.1 Å². The summed E-state index contributed by atoms with van der Waals surface area (Å²) in [6.07, 6.45) is -1.15. The highest BCUT2D eigenvalue weighted by atomic mass is 16.3. The number of nitrogens with zero attached hydrogens (tertiary/aromatic N) is 1. The first kappa shape index (κ1) is 15.2. The van der Waals surface area contributed by atoms with Crippen LogP contribution >= 0.6 is 0 Å². The summed E-state index contributed by atoms with van der Waals surface area (Å²) in [5.74, 6) is -0.398. The summed E-state index contributed by atoms with van der Waals surface area (Å²) in [4.78, 5) is 24.4. The minimum absolute atomic E-state index is 0.398. The number of urea groups is 1. The standard InChI is InChI=1S/C18H18N2O3/c1-11-4-3-5-15(10-11)13-6-8-14(9-7-13)17(22)20-12(2)16(21)19-18(20)23/h3-10,12,17,22H,1-2H3,(H,19,21,23)/t12?,17-/m1/s1. The van der Waals surface area contributed by atoms with Crippen molar-refractivity contribution in [1.29, 1.82) is 0 Å². The van der Waals surface area contributed by atoms with Crippen molar-refractivity contribution in [1.82, 2.24) is 10.2 Å². The number of nitrogens with one attached hydrogen (secondary N) is 1. The number of hydrogen-bond acceptors (Lipinski definition) is 3. The van der Waals surface area contributed by atoms with E-state index in [2.05, 4.69) is 11.4 Å². The predicted octanol–water partition coefficient (Wildman–Crippen LogP) is 2.59. The number of carbonyl (C=O) groups excluding carboxylic acids is 2. The Bertz CT molecular complexity index is 755. The molecule has 0 saturated carbocycles. The molecule has 2 N–H and O–H groups in total. The molecule has 3 amide bonds. The van der Waals surface area contributed by atoms with Gasteiger partial charge in [-0.15, -0.1) is 0 Å². The van der Waals surface area contributed by atoms with Gasteiger partial charge >= 0.3 is 6.03 Å². The molecule has 1 fully saturated rings. The molecule has 118 valence electrons. The zero-order valence-corrected chi connectivity index (χ0v) is 13.0. The summed E-state index contributed by atoms with van der Waals surface area (Å²) in [6, 6.07) is 14.2. The summed E-state index contributed by atoms with van der Waals surface area (Å²) in [5, 5.41) is 12.6. The zero-order valence-electron chi connectivity index (χ0n) is 13.0. The topological polar surface area (TPSA) is 69.6 Å². The number of rotatable bonds is 3. The summed E-state index contributed by atoms with van der Waals surface area (Å²) in [6.45, 7) is 3.62. The van der Waals surface area contributed by atoms with Gasteiger partial charge in [-0.1, -0.05) is 54.1 Å². The molecule has 5 nitrogen and oxygen atoms in total. The molecule has 1 heterocycles. The van der Waals surface area contributed by atoms with Crippen molar-refractivity contribution in [3.63, 3.8) is 0 Å². The van der Waals surface area contributed by atoms with Gasteiger partial charge in [0.25, 0.3) is 5.91 Å². The molecule has 0 aromatic heterocycles. The first-order chi connectivity index (χ1) is 11.0. The molecule has 0 radical (unpaired) electrons. The van der Waals surface area contributed by atoms with Crippen LogP contribution in [0.25, 0.3) is 11.1 Å². The quantitative estimate of drug-likeness (QED) is 0.856. The Morgan fingerprint density at radius 3 is 2.35 bits per heavy atom. The third-order valence-corrected chi connectivity index (χ3v) is 4.09. The van der Waals surface area contributed by atoms with Gasteiger partial charge in [-0.3, -0.25) is 15.0 Å². The highest BCUT2D eigenvalue weighted by molar-refractivity contribution is 6.04. The SMILES string of the molecule is Cc1cccc(-c2ccc([C@@H](O)N3C(=O)NC(=O)C3C)cc2)c1. The summed E-state index contributed by atoms with van der Waals surface area (Å²) < 4.78 is 0. The summed E-state index contributed by atoms with van der Waals surface area (Å²) >= 11 is 0. The van der Waals surface area contributed by atoms with E-state index in [-0.39, 0.29) is 0 Å². The average molecular weight is 310 g/mol. The Hall–Kier alpha value is -2.66. The molecule has 1 saturated heterocycles. The Morgan fingerprint density at radius 1 is 1.09 bits per heavy atom. The lowest BCUT2D eigenvalue weighted by atomic mass is 10.0. The lowest BCUT2D eigenvalue weighted by Crippen LogP contribution is -2.36. The average Bonchev–Trinajstić information content (AvgIpc) is 2.79. The minimum Gasteiger partial charge on any atom is -0.369 e. The lowest BCUT2D eigenvalue weighted by molar-refractivity contribution is -0.122. The summed E-state index contributed by atoms with van der Waals surface area (Å²) in [7, 11) is 0. The van der Waals surface area contributed by atoms with Gasteiger partial charge in [-0.25, -0.2) is 4.79 Å². The second-order valence-electron chi connectivity index (χ2n) is 5.74. The molecule has 0 aliphatic carbocycles. The van der Waals surface area contributed by atoms with Crippen molar-refractivity contribution >= 4 is 11.9 Å². The molecule has 5 heteroatoms. The molecular weight excluding hydrogens is 292 g/mol. The zero-order chi connectivity index (χ0) is 16.6. The van der Waals surface area contributed by atoms with Crippen LogP contribution in [0.5, 0.6) is 0 Å². The third kappa shape index (κ3) is 2.83. The Morgan fingerprint density at radius 2 is 1.78 bits per heavy atom. The lowest BCUT2D eigenvalue weighted by Gasteiger charge is -2.25. The second-order valence-corrected chi connectivity index (χ2v) is 5.74. The maximum Gasteiger partial charge on any atom is 0.327 e. The van der Waals surface area contributed by atoms with Crippen LogP contribution in [0.3, 0.4) is 0 Å². The van der Waals surface area contributed by atoms with Gasteiger partial charge in [-0.05, 0) is 25.0 Å². The highest BCUT2D eigenvalue weighted by Crippen LogP contribution is 2.26. The first-order valence-corrected chi connectivity index (χ1v) is 7.45. The van der Waals surface area contributed by atoms with Crippen LogP contribution in [0.15, 0.2) is 48.5 Å². The van der Waals surface area contributed by atoms with E-state index < -0.39 is 24.2 Å². The van der Waals surface area contributed by atoms with Crippen LogP contribution < -0.4 is 5.32 Å². The van der Waals surface area contributed by atoms with E-state index in [1.807, 2.05) is 37.3 Å². The van der Waals surface area contributed by atoms with Crippen LogP contribution in [-0.4, -0.2) is 28.0 Å². The van der Waals surface area contributed by atoms with Crippen molar-refractivity contribution in [2.45, 2.75) is 26.1 Å². The molecular formula is C18H18N2O3. The van der Waals surface area contributed by atoms with Crippen molar-refractivity contribution in [3.05, 3.63) is 59.7 Å². The van der Waals surface area contributed by atoms with E-state index in [1.165, 1.54) is 5.56 Å². The largest absolute Gasteiger partial charge is 0.369 e. The van der Waals surface area contributed by atoms with E-state index in [0.717, 1.165) is 16.0 Å². The number of carbonyl (C=O) groups is 2. The van der Waals surface area contributed by atoms with Crippen molar-refractivity contribution in [2.24, 2.45) is 0 Å². The minimum atomic E-state index is -1.15. The molecule has 2 aromatic rings. The number of aryl methyl sites for hydroxylation is 1. The number of aliphatic hydroxyl groups excluding tert-OH is 1. The monoisotopic (exact) mass is 310 g/mol. The summed E-state index contributed by atoms with van der Waals surface area (Å²) in [5.41, 5.74) is 3.86. The van der Waals surface area contributed by atoms with Crippen LogP contribution in [-0.2, 0) is 4.79 Å². The van der Waals surface area contributed by atoms with Crippen LogP contribution in [0.1, 0.15) is 24.3 Å². The highest BCUT2D eigenvalue weighted by Gasteiger charge is 2.39. The number of amides is 3. The molecule has 23 heavy (non-hydrogen) atoms. The fourth-order valence-electron chi connectivity index (χ4n) is 2.73. The van der Waals surface area contributed by atoms with E-state index in [0.29, 0.717) is 5.56 Å². The van der Waals surface area contributed by atoms with Gasteiger partial charge in [0.15, 0.2) is 6.23 Å². The van der Waals surface area contributed by atoms with E-state index in [4.69, 9.17) is 0 Å². The smallest absolute Gasteiger partial charge is 0.327 e. The number of hydrogen-bond donors (Lipinski definition) is 2. The number of imide groups is 1.